The molecule has 1 unspecified atom stereocenters. The van der Waals surface area contributed by atoms with Gasteiger partial charge in [0.1, 0.15) is 6.04 Å². The fraction of sp³-hybridized carbons (Fsp3) is 0.615. The third-order valence-electron chi connectivity index (χ3n) is 5.96. The third kappa shape index (κ3) is 6.01. The van der Waals surface area contributed by atoms with Gasteiger partial charge in [-0.05, 0) is 53.0 Å². The van der Waals surface area contributed by atoms with Gasteiger partial charge in [0.15, 0.2) is 12.2 Å². The van der Waals surface area contributed by atoms with Gasteiger partial charge in [0.05, 0.1) is 17.4 Å². The second-order valence-electron chi connectivity index (χ2n) is 11.2. The molecule has 2 heterocycles. The molecule has 2 amide bonds. The molecule has 0 bridgehead atoms. The van der Waals surface area contributed by atoms with E-state index in [-0.39, 0.29) is 18.9 Å². The van der Waals surface area contributed by atoms with Crippen molar-refractivity contribution in [2.75, 3.05) is 6.61 Å². The number of ether oxygens (including phenoxy) is 4. The van der Waals surface area contributed by atoms with Crippen molar-refractivity contribution < 1.29 is 38.1 Å². The molecule has 9 nitrogen and oxygen atoms in total. The van der Waals surface area contributed by atoms with E-state index in [9.17, 15) is 19.2 Å². The Morgan fingerprint density at radius 1 is 1.00 bits per heavy atom. The van der Waals surface area contributed by atoms with Crippen LogP contribution in [0.15, 0.2) is 30.3 Å². The number of hydrogen-bond donors (Lipinski definition) is 0. The van der Waals surface area contributed by atoms with E-state index >= 15 is 0 Å². The molecule has 35 heavy (non-hydrogen) atoms. The second-order valence-corrected chi connectivity index (χ2v) is 11.2. The number of carbonyl (C=O) groups excluding carboxylic acids is 4. The summed E-state index contributed by atoms with van der Waals surface area (Å²) < 4.78 is 22.4. The van der Waals surface area contributed by atoms with E-state index in [0.29, 0.717) is 0 Å². The van der Waals surface area contributed by atoms with E-state index in [4.69, 9.17) is 18.9 Å². The maximum Gasteiger partial charge on any atom is 0.419 e. The van der Waals surface area contributed by atoms with Crippen LogP contribution in [0.2, 0.25) is 0 Å². The van der Waals surface area contributed by atoms with Crippen molar-refractivity contribution in [2.24, 2.45) is 10.8 Å². The fourth-order valence-corrected chi connectivity index (χ4v) is 3.80. The van der Waals surface area contributed by atoms with E-state index in [1.165, 1.54) is 0 Å². The Labute approximate surface area is 206 Å². The van der Waals surface area contributed by atoms with Gasteiger partial charge in [-0.15, -0.1) is 0 Å². The molecule has 0 spiro atoms. The summed E-state index contributed by atoms with van der Waals surface area (Å²) in [6, 6.07) is 8.36. The van der Waals surface area contributed by atoms with Gasteiger partial charge in [-0.25, -0.2) is 9.69 Å². The summed E-state index contributed by atoms with van der Waals surface area (Å²) in [5.74, 6) is -1.77. The van der Waals surface area contributed by atoms with Gasteiger partial charge in [-0.1, -0.05) is 37.3 Å². The molecule has 2 aliphatic heterocycles. The standard InChI is InChI=1S/C26H35NO8/c1-15(16-11-9-8-10-12-16)13-18(28)27-19-20(34-23(30)26(5,6)7)17(33-22(29)25(2,3)4)14-32-21(19)35-24(27)31/h8-12,15,17,19-21H,13-14H2,1-7H3/t15?,17-,19+,20-,21+/m1/s1. The maximum absolute atomic E-state index is 13.3. The van der Waals surface area contributed by atoms with Crippen LogP contribution in [0.3, 0.4) is 0 Å². The first-order chi connectivity index (χ1) is 16.2. The minimum Gasteiger partial charge on any atom is -0.455 e. The maximum atomic E-state index is 13.3. The zero-order valence-corrected chi connectivity index (χ0v) is 21.4. The molecule has 1 aromatic rings. The van der Waals surface area contributed by atoms with E-state index in [0.717, 1.165) is 10.5 Å². The Bertz CT molecular complexity index is 962. The largest absolute Gasteiger partial charge is 0.455 e. The minimum absolute atomic E-state index is 0.0225. The van der Waals surface area contributed by atoms with Gasteiger partial charge in [0.2, 0.25) is 12.2 Å². The van der Waals surface area contributed by atoms with Crippen molar-refractivity contribution in [3.05, 3.63) is 35.9 Å². The number of rotatable bonds is 5. The van der Waals surface area contributed by atoms with Gasteiger partial charge < -0.3 is 18.9 Å². The van der Waals surface area contributed by atoms with Crippen LogP contribution in [-0.2, 0) is 33.3 Å². The lowest BCUT2D eigenvalue weighted by atomic mass is 9.94. The number of imide groups is 1. The quantitative estimate of drug-likeness (QED) is 0.454. The van der Waals surface area contributed by atoms with Crippen molar-refractivity contribution in [1.82, 2.24) is 4.90 Å². The molecule has 192 valence electrons. The Morgan fingerprint density at radius 3 is 2.14 bits per heavy atom. The summed E-state index contributed by atoms with van der Waals surface area (Å²) in [6.07, 6.45) is -4.17. The van der Waals surface area contributed by atoms with E-state index in [1.807, 2.05) is 37.3 Å². The van der Waals surface area contributed by atoms with Crippen LogP contribution >= 0.6 is 0 Å². The molecule has 0 radical (unpaired) electrons. The zero-order chi connectivity index (χ0) is 26.1. The number of nitrogens with zero attached hydrogens (tertiary/aromatic N) is 1. The SMILES string of the molecule is CC(CC(=O)N1C(=O)O[C@@H]2OC[C@@H](OC(=O)C(C)(C)C)[C@@H](OC(=O)C(C)(C)C)[C@@H]21)c1ccccc1. The number of carbonyl (C=O) groups is 4. The van der Waals surface area contributed by atoms with Crippen LogP contribution < -0.4 is 0 Å². The molecule has 2 fully saturated rings. The Balaban J connectivity index is 1.90. The Morgan fingerprint density at radius 2 is 1.57 bits per heavy atom. The van der Waals surface area contributed by atoms with Crippen molar-refractivity contribution in [1.29, 1.82) is 0 Å². The molecular weight excluding hydrogens is 454 g/mol. The molecule has 0 aromatic heterocycles. The summed E-state index contributed by atoms with van der Waals surface area (Å²) in [6.45, 7) is 11.9. The van der Waals surface area contributed by atoms with Crippen molar-refractivity contribution in [3.63, 3.8) is 0 Å². The normalized spacial score (nSPS) is 25.3. The van der Waals surface area contributed by atoms with Crippen LogP contribution in [-0.4, -0.2) is 60.0 Å². The molecular formula is C26H35NO8. The minimum atomic E-state index is -1.14. The highest BCUT2D eigenvalue weighted by Crippen LogP contribution is 2.35. The number of fused-ring (bicyclic) bond motifs is 1. The molecule has 3 rings (SSSR count). The van der Waals surface area contributed by atoms with Crippen molar-refractivity contribution in [2.45, 2.75) is 85.3 Å². The lowest BCUT2D eigenvalue weighted by Crippen LogP contribution is -2.61. The van der Waals surface area contributed by atoms with Crippen LogP contribution in [0, 0.1) is 10.8 Å². The van der Waals surface area contributed by atoms with Crippen LogP contribution in [0.4, 0.5) is 4.79 Å². The Kier molecular flexibility index (Phi) is 7.59. The van der Waals surface area contributed by atoms with Crippen LogP contribution in [0.25, 0.3) is 0 Å². The summed E-state index contributed by atoms with van der Waals surface area (Å²) in [7, 11) is 0. The molecule has 1 aromatic carbocycles. The van der Waals surface area contributed by atoms with Crippen LogP contribution in [0.5, 0.6) is 0 Å². The predicted molar refractivity (Wildman–Crippen MR) is 125 cm³/mol. The summed E-state index contributed by atoms with van der Waals surface area (Å²) in [5.41, 5.74) is -0.748. The first-order valence-electron chi connectivity index (χ1n) is 11.8. The summed E-state index contributed by atoms with van der Waals surface area (Å²) in [4.78, 5) is 52.5. The monoisotopic (exact) mass is 489 g/mol. The molecule has 0 aliphatic carbocycles. The highest BCUT2D eigenvalue weighted by Gasteiger charge is 2.58. The molecule has 9 heteroatoms. The van der Waals surface area contributed by atoms with E-state index < -0.39 is 59.3 Å². The number of amides is 2. The van der Waals surface area contributed by atoms with Gasteiger partial charge in [0.25, 0.3) is 0 Å². The van der Waals surface area contributed by atoms with Gasteiger partial charge in [-0.2, -0.15) is 0 Å². The van der Waals surface area contributed by atoms with Gasteiger partial charge in [0, 0.05) is 6.42 Å². The molecule has 5 atom stereocenters. The highest BCUT2D eigenvalue weighted by atomic mass is 16.7. The van der Waals surface area contributed by atoms with Gasteiger partial charge in [-0.3, -0.25) is 14.4 Å². The lowest BCUT2D eigenvalue weighted by Gasteiger charge is -2.40. The summed E-state index contributed by atoms with van der Waals surface area (Å²) >= 11 is 0. The number of esters is 2. The lowest BCUT2D eigenvalue weighted by molar-refractivity contribution is -0.227. The number of benzene rings is 1. The molecule has 0 N–H and O–H groups in total. The second kappa shape index (κ2) is 9.97. The Hall–Kier alpha value is -2.94. The highest BCUT2D eigenvalue weighted by molar-refractivity contribution is 5.94. The zero-order valence-electron chi connectivity index (χ0n) is 21.4. The number of hydrogen-bond acceptors (Lipinski definition) is 8. The first kappa shape index (κ1) is 26.7. The average Bonchev–Trinajstić information content (AvgIpc) is 3.10. The topological polar surface area (TPSA) is 108 Å². The average molecular weight is 490 g/mol. The van der Waals surface area contributed by atoms with E-state index in [1.54, 1.807) is 41.5 Å². The first-order valence-corrected chi connectivity index (χ1v) is 11.8. The fourth-order valence-electron chi connectivity index (χ4n) is 3.80. The van der Waals surface area contributed by atoms with Gasteiger partial charge >= 0.3 is 18.0 Å². The molecule has 0 saturated carbocycles. The van der Waals surface area contributed by atoms with Crippen molar-refractivity contribution in [3.8, 4) is 0 Å². The molecule has 2 saturated heterocycles. The van der Waals surface area contributed by atoms with E-state index in [2.05, 4.69) is 0 Å². The molecule has 2 aliphatic rings. The third-order valence-corrected chi connectivity index (χ3v) is 5.96. The predicted octanol–water partition coefficient (Wildman–Crippen LogP) is 3.80. The summed E-state index contributed by atoms with van der Waals surface area (Å²) in [5, 5.41) is 0. The smallest absolute Gasteiger partial charge is 0.419 e. The van der Waals surface area contributed by atoms with Crippen molar-refractivity contribution >= 4 is 23.9 Å². The van der Waals surface area contributed by atoms with Crippen LogP contribution in [0.1, 0.15) is 66.4 Å².